The molecule has 3 aromatic rings. The van der Waals surface area contributed by atoms with Crippen LogP contribution in [-0.4, -0.2) is 54.5 Å². The SMILES string of the molecule is CCn1c(=O)[nH]c2cc(C(=O)Nc3cc(S(=O)(=O)N4CCOCC4)ccc3C)ccc2c1=O. The van der Waals surface area contributed by atoms with Crippen molar-refractivity contribution in [2.75, 3.05) is 31.6 Å². The minimum Gasteiger partial charge on any atom is -0.379 e. The van der Waals surface area contributed by atoms with E-state index in [0.29, 0.717) is 29.9 Å². The number of morpholine rings is 1. The maximum absolute atomic E-state index is 13.0. The van der Waals surface area contributed by atoms with Crippen molar-refractivity contribution in [3.8, 4) is 0 Å². The number of aryl methyl sites for hydroxylation is 1. The van der Waals surface area contributed by atoms with Crippen LogP contribution in [0.3, 0.4) is 0 Å². The number of benzene rings is 2. The van der Waals surface area contributed by atoms with Gasteiger partial charge in [-0.15, -0.1) is 0 Å². The van der Waals surface area contributed by atoms with Crippen LogP contribution in [0.5, 0.6) is 0 Å². The number of nitrogens with one attached hydrogen (secondary N) is 2. The van der Waals surface area contributed by atoms with Crippen molar-refractivity contribution < 1.29 is 17.9 Å². The van der Waals surface area contributed by atoms with Gasteiger partial charge < -0.3 is 15.0 Å². The Balaban J connectivity index is 1.64. The predicted molar refractivity (Wildman–Crippen MR) is 123 cm³/mol. The molecule has 0 unspecified atom stereocenters. The number of fused-ring (bicyclic) bond motifs is 1. The molecule has 0 bridgehead atoms. The van der Waals surface area contributed by atoms with Gasteiger partial charge in [0.2, 0.25) is 10.0 Å². The van der Waals surface area contributed by atoms with E-state index in [2.05, 4.69) is 10.3 Å². The van der Waals surface area contributed by atoms with Crippen LogP contribution in [0.1, 0.15) is 22.8 Å². The van der Waals surface area contributed by atoms with Crippen LogP contribution in [0.2, 0.25) is 0 Å². The fraction of sp³-hybridized carbons (Fsp3) is 0.318. The summed E-state index contributed by atoms with van der Waals surface area (Å²) in [6, 6.07) is 8.98. The Morgan fingerprint density at radius 1 is 1.12 bits per heavy atom. The molecule has 0 aliphatic carbocycles. The Bertz CT molecular complexity index is 1450. The number of hydrogen-bond acceptors (Lipinski definition) is 6. The summed E-state index contributed by atoms with van der Waals surface area (Å²) >= 11 is 0. The van der Waals surface area contributed by atoms with Gasteiger partial charge in [0.15, 0.2) is 0 Å². The number of hydrogen-bond donors (Lipinski definition) is 2. The molecule has 1 aliphatic rings. The number of sulfonamides is 1. The number of H-pyrrole nitrogens is 1. The van der Waals surface area contributed by atoms with Crippen LogP contribution in [0.4, 0.5) is 5.69 Å². The van der Waals surface area contributed by atoms with Crippen LogP contribution in [0.15, 0.2) is 50.9 Å². The second kappa shape index (κ2) is 8.93. The van der Waals surface area contributed by atoms with Crippen LogP contribution in [0.25, 0.3) is 10.9 Å². The molecule has 2 N–H and O–H groups in total. The summed E-state index contributed by atoms with van der Waals surface area (Å²) in [7, 11) is -3.72. The quantitative estimate of drug-likeness (QED) is 0.575. The third-order valence-corrected chi connectivity index (χ3v) is 7.52. The summed E-state index contributed by atoms with van der Waals surface area (Å²) in [5.41, 5.74) is 0.522. The van der Waals surface area contributed by atoms with E-state index in [4.69, 9.17) is 4.74 Å². The van der Waals surface area contributed by atoms with E-state index in [1.165, 1.54) is 34.6 Å². The zero-order valence-electron chi connectivity index (χ0n) is 18.3. The van der Waals surface area contributed by atoms with Gasteiger partial charge in [0.25, 0.3) is 11.5 Å². The second-order valence-electron chi connectivity index (χ2n) is 7.69. The Labute approximate surface area is 189 Å². The Morgan fingerprint density at radius 3 is 2.55 bits per heavy atom. The van der Waals surface area contributed by atoms with Gasteiger partial charge in [0.05, 0.1) is 29.0 Å². The van der Waals surface area contributed by atoms with Crippen LogP contribution < -0.4 is 16.6 Å². The number of nitrogens with zero attached hydrogens (tertiary/aromatic N) is 2. The minimum atomic E-state index is -3.72. The molecule has 0 spiro atoms. The lowest BCUT2D eigenvalue weighted by Crippen LogP contribution is -2.40. The first-order valence-corrected chi connectivity index (χ1v) is 11.9. The largest absolute Gasteiger partial charge is 0.379 e. The Kier molecular flexibility index (Phi) is 6.19. The van der Waals surface area contributed by atoms with Gasteiger partial charge in [0.1, 0.15) is 0 Å². The highest BCUT2D eigenvalue weighted by molar-refractivity contribution is 7.89. The molecule has 11 heteroatoms. The lowest BCUT2D eigenvalue weighted by Gasteiger charge is -2.26. The minimum absolute atomic E-state index is 0.0771. The summed E-state index contributed by atoms with van der Waals surface area (Å²) < 4.78 is 33.6. The van der Waals surface area contributed by atoms with E-state index in [9.17, 15) is 22.8 Å². The van der Waals surface area contributed by atoms with Gasteiger partial charge in [-0.2, -0.15) is 4.31 Å². The molecular weight excluding hydrogens is 448 g/mol. The molecule has 4 rings (SSSR count). The fourth-order valence-corrected chi connectivity index (χ4v) is 5.14. The van der Waals surface area contributed by atoms with Gasteiger partial charge in [0, 0.05) is 30.9 Å². The van der Waals surface area contributed by atoms with E-state index in [-0.39, 0.29) is 35.6 Å². The van der Waals surface area contributed by atoms with Crippen molar-refractivity contribution in [2.45, 2.75) is 25.3 Å². The van der Waals surface area contributed by atoms with Crippen molar-refractivity contribution >= 4 is 32.5 Å². The standard InChI is InChI=1S/C22H24N4O6S/c1-3-26-21(28)17-7-5-15(12-19(17)24-22(26)29)20(27)23-18-13-16(6-4-14(18)2)33(30,31)25-8-10-32-11-9-25/h4-7,12-13H,3,8-11H2,1-2H3,(H,23,27)(H,24,29). The van der Waals surface area contributed by atoms with E-state index in [0.717, 1.165) is 4.57 Å². The molecular formula is C22H24N4O6S. The number of amides is 1. The number of rotatable bonds is 5. The van der Waals surface area contributed by atoms with Crippen LogP contribution in [-0.2, 0) is 21.3 Å². The summed E-state index contributed by atoms with van der Waals surface area (Å²) in [6.07, 6.45) is 0. The zero-order valence-corrected chi connectivity index (χ0v) is 19.1. The van der Waals surface area contributed by atoms with Crippen molar-refractivity contribution in [1.82, 2.24) is 13.9 Å². The molecule has 2 heterocycles. The normalized spacial score (nSPS) is 15.0. The van der Waals surface area contributed by atoms with E-state index in [1.807, 2.05) is 0 Å². The Morgan fingerprint density at radius 2 is 1.85 bits per heavy atom. The monoisotopic (exact) mass is 472 g/mol. The number of aromatic amines is 1. The van der Waals surface area contributed by atoms with Gasteiger partial charge in [-0.3, -0.25) is 14.2 Å². The molecule has 1 fully saturated rings. The predicted octanol–water partition coefficient (Wildman–Crippen LogP) is 1.29. The summed E-state index contributed by atoms with van der Waals surface area (Å²) in [5, 5.41) is 3.03. The number of anilines is 1. The second-order valence-corrected chi connectivity index (χ2v) is 9.63. The first-order valence-electron chi connectivity index (χ1n) is 10.5. The maximum Gasteiger partial charge on any atom is 0.328 e. The van der Waals surface area contributed by atoms with Gasteiger partial charge in [-0.1, -0.05) is 6.07 Å². The first kappa shape index (κ1) is 22.9. The molecule has 1 aromatic heterocycles. The highest BCUT2D eigenvalue weighted by Crippen LogP contribution is 2.24. The van der Waals surface area contributed by atoms with Gasteiger partial charge in [-0.25, -0.2) is 13.2 Å². The summed E-state index contributed by atoms with van der Waals surface area (Å²) in [4.78, 5) is 40.1. The fourth-order valence-electron chi connectivity index (χ4n) is 3.71. The molecule has 1 aliphatic heterocycles. The van der Waals surface area contributed by atoms with Gasteiger partial charge >= 0.3 is 5.69 Å². The van der Waals surface area contributed by atoms with Crippen LogP contribution >= 0.6 is 0 Å². The summed E-state index contributed by atoms with van der Waals surface area (Å²) in [5.74, 6) is -0.499. The molecule has 0 atom stereocenters. The topological polar surface area (TPSA) is 131 Å². The number of carbonyl (C=O) groups is 1. The molecule has 0 radical (unpaired) electrons. The molecule has 0 saturated carbocycles. The maximum atomic E-state index is 13.0. The number of aromatic nitrogens is 2. The molecule has 174 valence electrons. The smallest absolute Gasteiger partial charge is 0.328 e. The van der Waals surface area contributed by atoms with Crippen molar-refractivity contribution in [2.24, 2.45) is 0 Å². The third kappa shape index (κ3) is 4.34. The zero-order chi connectivity index (χ0) is 23.8. The van der Waals surface area contributed by atoms with Crippen LogP contribution in [0, 0.1) is 6.92 Å². The highest BCUT2D eigenvalue weighted by atomic mass is 32.2. The van der Waals surface area contributed by atoms with E-state index >= 15 is 0 Å². The Hall–Kier alpha value is -3.28. The third-order valence-electron chi connectivity index (χ3n) is 5.63. The van der Waals surface area contributed by atoms with Crippen molar-refractivity contribution in [3.63, 3.8) is 0 Å². The van der Waals surface area contributed by atoms with Crippen molar-refractivity contribution in [1.29, 1.82) is 0 Å². The first-order chi connectivity index (χ1) is 15.7. The number of ether oxygens (including phenoxy) is 1. The average molecular weight is 473 g/mol. The molecule has 2 aromatic carbocycles. The van der Waals surface area contributed by atoms with E-state index < -0.39 is 27.2 Å². The lowest BCUT2D eigenvalue weighted by atomic mass is 10.1. The van der Waals surface area contributed by atoms with E-state index in [1.54, 1.807) is 19.9 Å². The molecule has 1 amide bonds. The van der Waals surface area contributed by atoms with Crippen molar-refractivity contribution in [3.05, 3.63) is 68.4 Å². The molecule has 1 saturated heterocycles. The van der Waals surface area contributed by atoms with Gasteiger partial charge in [-0.05, 0) is 49.7 Å². The average Bonchev–Trinajstić information content (AvgIpc) is 2.80. The molecule has 33 heavy (non-hydrogen) atoms. The summed E-state index contributed by atoms with van der Waals surface area (Å²) in [6.45, 7) is 4.89. The lowest BCUT2D eigenvalue weighted by molar-refractivity contribution is 0.0730. The highest BCUT2D eigenvalue weighted by Gasteiger charge is 2.27. The molecule has 10 nitrogen and oxygen atoms in total. The number of carbonyl (C=O) groups excluding carboxylic acids is 1.